The fourth-order valence-electron chi connectivity index (χ4n) is 6.46. The summed E-state index contributed by atoms with van der Waals surface area (Å²) in [6.07, 6.45) is 0.702. The number of hydrogen-bond donors (Lipinski definition) is 0. The number of esters is 2. The zero-order valence-electron chi connectivity index (χ0n) is 31.2. The average molecular weight is 719 g/mol. The predicted molar refractivity (Wildman–Crippen MR) is 206 cm³/mol. The minimum absolute atomic E-state index is 0.317. The summed E-state index contributed by atoms with van der Waals surface area (Å²) in [5.74, 6) is 0.740. The Balaban J connectivity index is 1.23. The second-order valence-electron chi connectivity index (χ2n) is 13.4. The smallest absolute Gasteiger partial charge is 0.333 e. The van der Waals surface area contributed by atoms with Crippen LogP contribution in [0, 0.1) is 0 Å². The van der Waals surface area contributed by atoms with E-state index in [0.29, 0.717) is 63.6 Å². The van der Waals surface area contributed by atoms with Gasteiger partial charge in [0.2, 0.25) is 0 Å². The summed E-state index contributed by atoms with van der Waals surface area (Å²) in [5.41, 5.74) is 7.36. The van der Waals surface area contributed by atoms with E-state index in [1.165, 1.54) is 22.3 Å². The molecule has 0 amide bonds. The number of ether oxygens (including phenoxy) is 6. The van der Waals surface area contributed by atoms with Gasteiger partial charge in [-0.25, -0.2) is 9.59 Å². The van der Waals surface area contributed by atoms with Crippen molar-refractivity contribution < 1.29 is 38.0 Å². The van der Waals surface area contributed by atoms with Crippen LogP contribution in [-0.2, 0) is 34.0 Å². The first-order chi connectivity index (χ1) is 25.6. The van der Waals surface area contributed by atoms with E-state index in [4.69, 9.17) is 28.4 Å². The zero-order chi connectivity index (χ0) is 37.8. The van der Waals surface area contributed by atoms with Crippen molar-refractivity contribution in [2.24, 2.45) is 0 Å². The second-order valence-corrected chi connectivity index (χ2v) is 13.4. The van der Waals surface area contributed by atoms with Gasteiger partial charge in [0.1, 0.15) is 23.7 Å². The number of fused-ring (bicyclic) bond motifs is 3. The first-order valence-electron chi connectivity index (χ1n) is 18.2. The number of carbonyl (C=O) groups excluding carboxylic acids is 2. The van der Waals surface area contributed by atoms with Crippen LogP contribution in [0.4, 0.5) is 0 Å². The van der Waals surface area contributed by atoms with E-state index in [2.05, 4.69) is 86.0 Å². The molecule has 2 unspecified atom stereocenters. The Bertz CT molecular complexity index is 1720. The van der Waals surface area contributed by atoms with Crippen molar-refractivity contribution in [1.82, 2.24) is 0 Å². The van der Waals surface area contributed by atoms with Gasteiger partial charge in [0.15, 0.2) is 0 Å². The third kappa shape index (κ3) is 9.63. The Kier molecular flexibility index (Phi) is 13.7. The number of carbonyl (C=O) groups is 2. The van der Waals surface area contributed by atoms with Crippen molar-refractivity contribution in [3.8, 4) is 22.6 Å². The molecule has 0 saturated carbocycles. The van der Waals surface area contributed by atoms with Crippen molar-refractivity contribution in [2.45, 2.75) is 58.2 Å². The zero-order valence-corrected chi connectivity index (χ0v) is 31.2. The van der Waals surface area contributed by atoms with E-state index in [-0.39, 0.29) is 12.2 Å². The van der Waals surface area contributed by atoms with Crippen LogP contribution in [0.1, 0.15) is 62.8 Å². The van der Waals surface area contributed by atoms with Crippen molar-refractivity contribution in [2.75, 3.05) is 39.6 Å². The Morgan fingerprint density at radius 2 is 0.943 bits per heavy atom. The highest BCUT2D eigenvalue weighted by Crippen LogP contribution is 2.56. The maximum absolute atomic E-state index is 11.7. The maximum atomic E-state index is 11.7. The molecule has 4 aromatic rings. The molecule has 0 spiro atoms. The van der Waals surface area contributed by atoms with Crippen molar-refractivity contribution in [1.29, 1.82) is 0 Å². The van der Waals surface area contributed by atoms with Gasteiger partial charge in [-0.2, -0.15) is 0 Å². The predicted octanol–water partition coefficient (Wildman–Crippen LogP) is 8.64. The van der Waals surface area contributed by atoms with Crippen LogP contribution in [0.15, 0.2) is 121 Å². The van der Waals surface area contributed by atoms with Crippen LogP contribution in [0.2, 0.25) is 0 Å². The summed E-state index contributed by atoms with van der Waals surface area (Å²) >= 11 is 0. The molecule has 0 aromatic heterocycles. The SMILES string of the molecule is C=C(C)C(=O)OC(C)COCCCOc1ccc(C2(c3ccc(OCCCOCC(C)OC(=O)C(=C)C)cc3)c3ccccc3-c3ccccc32)cc1. The van der Waals surface area contributed by atoms with Gasteiger partial charge in [0.05, 0.1) is 31.8 Å². The van der Waals surface area contributed by atoms with Crippen LogP contribution in [0.25, 0.3) is 11.1 Å². The van der Waals surface area contributed by atoms with Gasteiger partial charge in [-0.05, 0) is 85.3 Å². The molecular weight excluding hydrogens is 668 g/mol. The Morgan fingerprint density at radius 1 is 0.566 bits per heavy atom. The molecule has 0 N–H and O–H groups in total. The molecule has 0 bridgehead atoms. The highest BCUT2D eigenvalue weighted by Gasteiger charge is 2.45. The molecule has 0 saturated heterocycles. The summed E-state index contributed by atoms with van der Waals surface area (Å²) in [7, 11) is 0. The van der Waals surface area contributed by atoms with E-state index in [1.807, 2.05) is 24.3 Å². The van der Waals surface area contributed by atoms with E-state index in [9.17, 15) is 9.59 Å². The number of rotatable bonds is 20. The van der Waals surface area contributed by atoms with E-state index >= 15 is 0 Å². The third-order valence-corrected chi connectivity index (χ3v) is 8.95. The molecule has 0 radical (unpaired) electrons. The highest BCUT2D eigenvalue weighted by atomic mass is 16.6. The lowest BCUT2D eigenvalue weighted by Crippen LogP contribution is -2.28. The molecule has 53 heavy (non-hydrogen) atoms. The van der Waals surface area contributed by atoms with Crippen molar-refractivity contribution in [3.05, 3.63) is 144 Å². The molecule has 1 aliphatic rings. The molecular formula is C45H50O8. The summed E-state index contributed by atoms with van der Waals surface area (Å²) in [5, 5.41) is 0. The van der Waals surface area contributed by atoms with Gasteiger partial charge in [-0.1, -0.05) is 86.0 Å². The molecule has 278 valence electrons. The molecule has 0 aliphatic heterocycles. The topological polar surface area (TPSA) is 89.5 Å². The standard InChI is InChI=1S/C45H50O8/c1-31(2)43(46)52-33(5)29-48-25-11-27-50-37-21-17-35(18-22-37)45(41-15-9-7-13-39(41)40-14-8-10-16-42(40)45)36-19-23-38(24-20-36)51-28-12-26-49-30-34(6)53-44(47)32(3)4/h7-10,13-24,33-34H,1,3,11-12,25-30H2,2,4-6H3. The third-order valence-electron chi connectivity index (χ3n) is 8.95. The second kappa shape index (κ2) is 18.5. The minimum atomic E-state index is -0.541. The fraction of sp³-hybridized carbons (Fsp3) is 0.333. The largest absolute Gasteiger partial charge is 0.494 e. The monoisotopic (exact) mass is 718 g/mol. The fourth-order valence-corrected chi connectivity index (χ4v) is 6.46. The van der Waals surface area contributed by atoms with E-state index in [1.54, 1.807) is 27.7 Å². The average Bonchev–Trinajstić information content (AvgIpc) is 3.46. The maximum Gasteiger partial charge on any atom is 0.333 e. The van der Waals surface area contributed by atoms with Gasteiger partial charge >= 0.3 is 11.9 Å². The first-order valence-corrected chi connectivity index (χ1v) is 18.2. The molecule has 4 aromatic carbocycles. The summed E-state index contributed by atoms with van der Waals surface area (Å²) in [6.45, 7) is 16.7. The molecule has 0 fully saturated rings. The Labute approximate surface area is 313 Å². The number of hydrogen-bond acceptors (Lipinski definition) is 8. The van der Waals surface area contributed by atoms with Crippen LogP contribution < -0.4 is 9.47 Å². The van der Waals surface area contributed by atoms with E-state index < -0.39 is 17.4 Å². The van der Waals surface area contributed by atoms with Crippen molar-refractivity contribution >= 4 is 11.9 Å². The van der Waals surface area contributed by atoms with Crippen LogP contribution >= 0.6 is 0 Å². The molecule has 5 rings (SSSR count). The van der Waals surface area contributed by atoms with E-state index in [0.717, 1.165) is 22.6 Å². The van der Waals surface area contributed by atoms with Gasteiger partial charge in [-0.15, -0.1) is 0 Å². The molecule has 8 nitrogen and oxygen atoms in total. The normalized spacial score (nSPS) is 13.6. The van der Waals surface area contributed by atoms with Gasteiger partial charge in [-0.3, -0.25) is 0 Å². The Hall–Kier alpha value is -5.18. The minimum Gasteiger partial charge on any atom is -0.494 e. The molecule has 1 aliphatic carbocycles. The first kappa shape index (κ1) is 39.0. The lowest BCUT2D eigenvalue weighted by atomic mass is 9.68. The summed E-state index contributed by atoms with van der Waals surface area (Å²) in [4.78, 5) is 23.4. The lowest BCUT2D eigenvalue weighted by molar-refractivity contribution is -0.147. The highest BCUT2D eigenvalue weighted by molar-refractivity contribution is 5.88. The van der Waals surface area contributed by atoms with Gasteiger partial charge in [0.25, 0.3) is 0 Å². The van der Waals surface area contributed by atoms with Crippen molar-refractivity contribution in [3.63, 3.8) is 0 Å². The summed E-state index contributed by atoms with van der Waals surface area (Å²) in [6, 6.07) is 34.0. The van der Waals surface area contributed by atoms with Crippen LogP contribution in [-0.4, -0.2) is 63.8 Å². The van der Waals surface area contributed by atoms with Gasteiger partial charge < -0.3 is 28.4 Å². The molecule has 8 heteroatoms. The Morgan fingerprint density at radius 3 is 1.32 bits per heavy atom. The lowest BCUT2D eigenvalue weighted by Gasteiger charge is -2.34. The summed E-state index contributed by atoms with van der Waals surface area (Å²) < 4.78 is 34.1. The molecule has 2 atom stereocenters. The van der Waals surface area contributed by atoms with Crippen LogP contribution in [0.3, 0.4) is 0 Å². The van der Waals surface area contributed by atoms with Gasteiger partial charge in [0, 0.05) is 37.2 Å². The van der Waals surface area contributed by atoms with Crippen LogP contribution in [0.5, 0.6) is 11.5 Å². The quantitative estimate of drug-likeness (QED) is 0.0449. The molecule has 0 heterocycles. The number of benzene rings is 4.